The van der Waals surface area contributed by atoms with Gasteiger partial charge < -0.3 is 21.4 Å². The van der Waals surface area contributed by atoms with E-state index in [1.54, 1.807) is 0 Å². The second kappa shape index (κ2) is 6.30. The summed E-state index contributed by atoms with van der Waals surface area (Å²) in [6.07, 6.45) is 0.843. The molecule has 0 bridgehead atoms. The largest absolute Gasteiger partial charge is 0.480 e. The number of carbonyl (C=O) groups is 2. The minimum Gasteiger partial charge on any atom is -0.480 e. The van der Waals surface area contributed by atoms with Gasteiger partial charge in [-0.2, -0.15) is 0 Å². The molecule has 2 amide bonds. The van der Waals surface area contributed by atoms with Gasteiger partial charge in [-0.25, -0.2) is 4.79 Å². The number of hydrogen-bond acceptors (Lipinski definition) is 3. The molecule has 1 atom stereocenters. The number of carbonyl (C=O) groups excluding carboxylic acids is 1. The highest BCUT2D eigenvalue weighted by molar-refractivity contribution is 6.06. The fraction of sp³-hybridized carbons (Fsp3) is 0.667. The number of urea groups is 1. The first-order valence-electron chi connectivity index (χ1n) is 3.80. The lowest BCUT2D eigenvalue weighted by Gasteiger charge is -2.10. The summed E-state index contributed by atoms with van der Waals surface area (Å²) in [4.78, 5) is 20.6. The monoisotopic (exact) mass is 185 g/mol. The molecule has 0 spiro atoms. The minimum atomic E-state index is -1.01. The third-order valence-corrected chi connectivity index (χ3v) is 1.47. The van der Waals surface area contributed by atoms with E-state index in [9.17, 15) is 9.59 Å². The van der Waals surface area contributed by atoms with Crippen molar-refractivity contribution in [2.75, 3.05) is 6.54 Å². The van der Waals surface area contributed by atoms with Gasteiger partial charge in [0.2, 0.25) is 0 Å². The van der Waals surface area contributed by atoms with Crippen LogP contribution in [0.1, 0.15) is 12.8 Å². The maximum atomic E-state index is 10.4. The van der Waals surface area contributed by atoms with Crippen LogP contribution in [-0.2, 0) is 4.79 Å². The van der Waals surface area contributed by atoms with Gasteiger partial charge in [-0.15, -0.1) is 0 Å². The summed E-state index contributed by atoms with van der Waals surface area (Å²) in [5.74, 6) is -1.01. The summed E-state index contributed by atoms with van der Waals surface area (Å²) < 4.78 is 0. The first kappa shape index (κ1) is 11.8. The Morgan fingerprint density at radius 1 is 1.54 bits per heavy atom. The zero-order valence-corrected chi connectivity index (χ0v) is 7.12. The van der Waals surface area contributed by atoms with Crippen molar-refractivity contribution in [2.45, 2.75) is 18.9 Å². The van der Waals surface area contributed by atoms with Crippen LogP contribution in [0.25, 0.3) is 0 Å². The molecule has 5 N–H and O–H groups in total. The van der Waals surface area contributed by atoms with Crippen molar-refractivity contribution in [3.63, 3.8) is 0 Å². The molecular weight excluding hydrogens is 173 g/mol. The number of carboxylic acid groups (broad SMARTS) is 1. The van der Waals surface area contributed by atoms with Crippen LogP contribution in [0.4, 0.5) is 4.79 Å². The van der Waals surface area contributed by atoms with Gasteiger partial charge in [0.25, 0.3) is 0 Å². The van der Waals surface area contributed by atoms with Gasteiger partial charge in [-0.3, -0.25) is 4.79 Å². The second-order valence-electron chi connectivity index (χ2n) is 2.49. The number of carboxylic acids is 1. The van der Waals surface area contributed by atoms with Crippen molar-refractivity contribution in [2.24, 2.45) is 5.73 Å². The summed E-state index contributed by atoms with van der Waals surface area (Å²) in [5.41, 5.74) is 4.79. The fourth-order valence-corrected chi connectivity index (χ4v) is 0.796. The molecule has 0 aromatic rings. The summed E-state index contributed by atoms with van der Waals surface area (Å²) in [6, 6.07) is -1.40. The molecule has 0 aliphatic heterocycles. The predicted molar refractivity (Wildman–Crippen MR) is 47.1 cm³/mol. The second-order valence-corrected chi connectivity index (χ2v) is 2.49. The van der Waals surface area contributed by atoms with Gasteiger partial charge >= 0.3 is 12.0 Å². The van der Waals surface area contributed by atoms with Crippen molar-refractivity contribution in [1.82, 2.24) is 10.5 Å². The molecule has 0 rings (SSSR count). The maximum Gasteiger partial charge on any atom is 0.319 e. The lowest BCUT2D eigenvalue weighted by Crippen LogP contribution is -2.36. The van der Waals surface area contributed by atoms with Crippen molar-refractivity contribution in [1.29, 1.82) is 0 Å². The van der Waals surface area contributed by atoms with Crippen molar-refractivity contribution in [3.05, 3.63) is 0 Å². The number of hydrogen-bond donors (Lipinski definition) is 4. The van der Waals surface area contributed by atoms with Gasteiger partial charge in [0.15, 0.2) is 7.98 Å². The number of rotatable bonds is 6. The molecule has 0 aromatic carbocycles. The zero-order valence-electron chi connectivity index (χ0n) is 7.12. The number of nitrogens with one attached hydrogen (secondary N) is 2. The molecule has 0 fully saturated rings. The molecule has 0 saturated carbocycles. The number of primary amides is 1. The van der Waals surface area contributed by atoms with Gasteiger partial charge in [0.1, 0.15) is 0 Å². The predicted octanol–water partition coefficient (Wildman–Crippen LogP) is -1.44. The average molecular weight is 185 g/mol. The molecular formula is C6H12BN3O3. The molecule has 13 heavy (non-hydrogen) atoms. The molecule has 0 aromatic heterocycles. The SMILES string of the molecule is [B]N[C@@H](CCCNC(N)=O)C(=O)O. The van der Waals surface area contributed by atoms with Gasteiger partial charge in [0, 0.05) is 6.54 Å². The molecule has 72 valence electrons. The van der Waals surface area contributed by atoms with E-state index < -0.39 is 18.0 Å². The summed E-state index contributed by atoms with van der Waals surface area (Å²) >= 11 is 0. The molecule has 0 unspecified atom stereocenters. The van der Waals surface area contributed by atoms with Crippen LogP contribution in [0.3, 0.4) is 0 Å². The summed E-state index contributed by atoms with van der Waals surface area (Å²) in [5, 5.41) is 13.0. The van der Waals surface area contributed by atoms with Crippen LogP contribution >= 0.6 is 0 Å². The zero-order chi connectivity index (χ0) is 10.3. The lowest BCUT2D eigenvalue weighted by atomic mass is 10.1. The topological polar surface area (TPSA) is 104 Å². The van der Waals surface area contributed by atoms with Gasteiger partial charge in [-0.1, -0.05) is 0 Å². The Labute approximate surface area is 77.3 Å². The number of aliphatic carboxylic acids is 1. The molecule has 2 radical (unpaired) electrons. The third kappa shape index (κ3) is 5.97. The molecule has 6 nitrogen and oxygen atoms in total. The highest BCUT2D eigenvalue weighted by atomic mass is 16.4. The van der Waals surface area contributed by atoms with Crippen LogP contribution in [-0.4, -0.2) is 37.7 Å². The van der Waals surface area contributed by atoms with Gasteiger partial charge in [-0.05, 0) is 12.8 Å². The lowest BCUT2D eigenvalue weighted by molar-refractivity contribution is -0.139. The fourth-order valence-electron chi connectivity index (χ4n) is 0.796. The Bertz CT molecular complexity index is 188. The molecule has 7 heteroatoms. The quantitative estimate of drug-likeness (QED) is 0.300. The van der Waals surface area contributed by atoms with Crippen LogP contribution in [0, 0.1) is 0 Å². The Hall–Kier alpha value is -1.24. The number of amides is 2. The van der Waals surface area contributed by atoms with E-state index in [4.69, 9.17) is 18.8 Å². The maximum absolute atomic E-state index is 10.4. The minimum absolute atomic E-state index is 0.339. The first-order valence-corrected chi connectivity index (χ1v) is 3.80. The van der Waals surface area contributed by atoms with Crippen LogP contribution in [0.5, 0.6) is 0 Å². The molecule has 0 aliphatic carbocycles. The summed E-state index contributed by atoms with van der Waals surface area (Å²) in [6.45, 7) is 0.348. The smallest absolute Gasteiger partial charge is 0.319 e. The Balaban J connectivity index is 3.50. The van der Waals surface area contributed by atoms with E-state index in [-0.39, 0.29) is 0 Å². The van der Waals surface area contributed by atoms with Crippen LogP contribution < -0.4 is 16.3 Å². The van der Waals surface area contributed by atoms with Crippen molar-refractivity contribution >= 4 is 20.0 Å². The van der Waals surface area contributed by atoms with E-state index in [1.807, 2.05) is 0 Å². The average Bonchev–Trinajstić information content (AvgIpc) is 2.03. The van der Waals surface area contributed by atoms with E-state index in [1.165, 1.54) is 0 Å². The summed E-state index contributed by atoms with van der Waals surface area (Å²) in [7, 11) is 4.97. The Morgan fingerprint density at radius 3 is 2.54 bits per heavy atom. The van der Waals surface area contributed by atoms with E-state index >= 15 is 0 Å². The van der Waals surface area contributed by atoms with E-state index in [2.05, 4.69) is 10.5 Å². The highest BCUT2D eigenvalue weighted by Crippen LogP contribution is 1.95. The molecule has 0 saturated heterocycles. The van der Waals surface area contributed by atoms with Gasteiger partial charge in [0.05, 0.1) is 6.04 Å². The molecule has 0 heterocycles. The highest BCUT2D eigenvalue weighted by Gasteiger charge is 2.12. The van der Waals surface area contributed by atoms with E-state index in [0.29, 0.717) is 19.4 Å². The Kier molecular flexibility index (Phi) is 5.70. The first-order chi connectivity index (χ1) is 6.07. The normalized spacial score (nSPS) is 12.0. The standard InChI is InChI=1S/C6H12BN3O3/c7-10-4(5(11)12)2-1-3-9-6(8)13/h4,10H,1-3H2,(H,11,12)(H3,8,9,13)/t4-/m0/s1. The third-order valence-electron chi connectivity index (χ3n) is 1.47. The van der Waals surface area contributed by atoms with E-state index in [0.717, 1.165) is 0 Å². The Morgan fingerprint density at radius 2 is 2.15 bits per heavy atom. The van der Waals surface area contributed by atoms with Crippen LogP contribution in [0.15, 0.2) is 0 Å². The number of nitrogens with two attached hydrogens (primary N) is 1. The van der Waals surface area contributed by atoms with Crippen molar-refractivity contribution < 1.29 is 14.7 Å². The molecule has 0 aliphatic rings. The van der Waals surface area contributed by atoms with Crippen molar-refractivity contribution in [3.8, 4) is 0 Å². The van der Waals surface area contributed by atoms with Crippen LogP contribution in [0.2, 0.25) is 0 Å².